The van der Waals surface area contributed by atoms with Crippen LogP contribution in [-0.2, 0) is 0 Å². The van der Waals surface area contributed by atoms with Gasteiger partial charge in [-0.05, 0) is 42.6 Å². The lowest BCUT2D eigenvalue weighted by Crippen LogP contribution is -2.19. The Balaban J connectivity index is 2.07. The lowest BCUT2D eigenvalue weighted by atomic mass is 10.2. The monoisotopic (exact) mass is 366 g/mol. The van der Waals surface area contributed by atoms with E-state index in [4.69, 9.17) is 0 Å². The molecule has 0 amide bonds. The Morgan fingerprint density at radius 1 is 0.720 bits per heavy atom. The van der Waals surface area contributed by atoms with Crippen molar-refractivity contribution >= 4 is 26.5 Å². The van der Waals surface area contributed by atoms with Crippen LogP contribution in [0, 0.1) is 0 Å². The molecule has 3 rings (SSSR count). The number of hydrogen-bond donors (Lipinski definition) is 0. The summed E-state index contributed by atoms with van der Waals surface area (Å²) in [5.41, 5.74) is 2.34. The van der Waals surface area contributed by atoms with Crippen molar-refractivity contribution in [3.8, 4) is 0 Å². The van der Waals surface area contributed by atoms with E-state index in [-0.39, 0.29) is 7.92 Å². The summed E-state index contributed by atoms with van der Waals surface area (Å²) in [4.78, 5) is 0. The maximum absolute atomic E-state index is 2.47. The molecule has 2 aromatic rings. The second-order valence-corrected chi connectivity index (χ2v) is 11.5. The largest absolute Gasteiger partial charge is 0.0952 e. The van der Waals surface area contributed by atoms with Crippen molar-refractivity contribution in [3.05, 3.63) is 83.7 Å². The second kappa shape index (κ2) is 8.93. The molecule has 2 heteroatoms. The van der Waals surface area contributed by atoms with Gasteiger partial charge in [0.2, 0.25) is 0 Å². The summed E-state index contributed by atoms with van der Waals surface area (Å²) >= 11 is 0. The molecule has 2 aromatic carbocycles. The average Bonchev–Trinajstić information content (AvgIpc) is 3.08. The smallest absolute Gasteiger partial charge is 0.0263 e. The number of benzene rings is 2. The molecule has 0 bridgehead atoms. The van der Waals surface area contributed by atoms with E-state index in [0.717, 1.165) is 0 Å². The first-order valence-electron chi connectivity index (χ1n) is 9.35. The van der Waals surface area contributed by atoms with Gasteiger partial charge in [0.15, 0.2) is 0 Å². The van der Waals surface area contributed by atoms with Crippen molar-refractivity contribution < 1.29 is 0 Å². The van der Waals surface area contributed by atoms with E-state index < -0.39 is 7.92 Å². The zero-order chi connectivity index (χ0) is 17.6. The lowest BCUT2D eigenvalue weighted by Gasteiger charge is -2.32. The van der Waals surface area contributed by atoms with Gasteiger partial charge < -0.3 is 0 Å². The summed E-state index contributed by atoms with van der Waals surface area (Å²) in [5, 5.41) is 4.64. The summed E-state index contributed by atoms with van der Waals surface area (Å²) in [7, 11) is -0.418. The Morgan fingerprint density at radius 3 is 1.68 bits per heavy atom. The molecule has 0 heterocycles. The summed E-state index contributed by atoms with van der Waals surface area (Å²) < 4.78 is 0. The van der Waals surface area contributed by atoms with Crippen molar-refractivity contribution in [1.82, 2.24) is 0 Å². The Labute approximate surface area is 155 Å². The first-order valence-corrected chi connectivity index (χ1v) is 12.5. The molecule has 130 valence electrons. The normalized spacial score (nSPS) is 17.1. The predicted octanol–water partition coefficient (Wildman–Crippen LogP) is 6.24. The maximum atomic E-state index is 2.47. The molecule has 0 saturated carbocycles. The standard InChI is InChI=1S/C23H28P2/c1-4-19-17-18-22(23(19)24(5-2)6-3)25(20-13-9-7-10-14-20)21-15-11-8-12-16-21/h7-18,23H,4-6H2,1-3H3. The van der Waals surface area contributed by atoms with Gasteiger partial charge >= 0.3 is 0 Å². The van der Waals surface area contributed by atoms with E-state index >= 15 is 0 Å². The lowest BCUT2D eigenvalue weighted by molar-refractivity contribution is 1.04. The van der Waals surface area contributed by atoms with Crippen LogP contribution in [0.5, 0.6) is 0 Å². The number of rotatable bonds is 7. The zero-order valence-corrected chi connectivity index (χ0v) is 17.3. The SMILES string of the molecule is CCC1=CC=C(P(c2ccccc2)c2ccccc2)C1P(CC)CC. The summed E-state index contributed by atoms with van der Waals surface area (Å²) in [6, 6.07) is 22.3. The molecular weight excluding hydrogens is 338 g/mol. The van der Waals surface area contributed by atoms with E-state index in [1.54, 1.807) is 10.9 Å². The minimum atomic E-state index is -0.442. The highest BCUT2D eigenvalue weighted by molar-refractivity contribution is 7.78. The Morgan fingerprint density at radius 2 is 1.24 bits per heavy atom. The van der Waals surface area contributed by atoms with Crippen LogP contribution in [0.1, 0.15) is 27.2 Å². The van der Waals surface area contributed by atoms with Gasteiger partial charge in [-0.1, -0.05) is 107 Å². The predicted molar refractivity (Wildman–Crippen MR) is 117 cm³/mol. The van der Waals surface area contributed by atoms with Crippen LogP contribution in [0.2, 0.25) is 0 Å². The minimum Gasteiger partial charge on any atom is -0.0952 e. The quantitative estimate of drug-likeness (QED) is 0.509. The molecule has 25 heavy (non-hydrogen) atoms. The van der Waals surface area contributed by atoms with Gasteiger partial charge in [-0.15, -0.1) is 0 Å². The molecule has 1 aliphatic rings. The molecule has 0 N–H and O–H groups in total. The summed E-state index contributed by atoms with van der Waals surface area (Å²) in [5.74, 6) is 0. The Kier molecular flexibility index (Phi) is 6.63. The third kappa shape index (κ3) is 3.97. The second-order valence-electron chi connectivity index (χ2n) is 6.32. The fourth-order valence-corrected chi connectivity index (χ4v) is 9.36. The van der Waals surface area contributed by atoms with Gasteiger partial charge in [-0.2, -0.15) is 0 Å². The highest BCUT2D eigenvalue weighted by Gasteiger charge is 2.33. The van der Waals surface area contributed by atoms with Gasteiger partial charge in [0.05, 0.1) is 0 Å². The van der Waals surface area contributed by atoms with Crippen LogP contribution in [0.25, 0.3) is 0 Å². The molecule has 1 unspecified atom stereocenters. The summed E-state index contributed by atoms with van der Waals surface area (Å²) in [6.07, 6.45) is 8.71. The molecule has 0 radical (unpaired) electrons. The van der Waals surface area contributed by atoms with E-state index in [0.29, 0.717) is 5.66 Å². The van der Waals surface area contributed by atoms with E-state index in [1.165, 1.54) is 29.4 Å². The molecular formula is C23H28P2. The van der Waals surface area contributed by atoms with Gasteiger partial charge in [0.25, 0.3) is 0 Å². The molecule has 0 fully saturated rings. The van der Waals surface area contributed by atoms with Crippen LogP contribution in [0.15, 0.2) is 83.7 Å². The van der Waals surface area contributed by atoms with Gasteiger partial charge in [-0.3, -0.25) is 0 Å². The van der Waals surface area contributed by atoms with Crippen molar-refractivity contribution in [1.29, 1.82) is 0 Å². The van der Waals surface area contributed by atoms with Gasteiger partial charge in [-0.25, -0.2) is 0 Å². The minimum absolute atomic E-state index is 0.0246. The van der Waals surface area contributed by atoms with E-state index in [1.807, 2.05) is 0 Å². The molecule has 0 aliphatic heterocycles. The molecule has 1 aliphatic carbocycles. The average molecular weight is 366 g/mol. The third-order valence-electron chi connectivity index (χ3n) is 4.97. The van der Waals surface area contributed by atoms with Crippen LogP contribution < -0.4 is 10.6 Å². The van der Waals surface area contributed by atoms with Gasteiger partial charge in [0.1, 0.15) is 0 Å². The Bertz CT molecular complexity index is 688. The molecule has 0 aromatic heterocycles. The van der Waals surface area contributed by atoms with Crippen molar-refractivity contribution in [2.75, 3.05) is 12.3 Å². The maximum Gasteiger partial charge on any atom is 0.0263 e. The van der Waals surface area contributed by atoms with E-state index in [9.17, 15) is 0 Å². The zero-order valence-electron chi connectivity index (χ0n) is 15.5. The van der Waals surface area contributed by atoms with Gasteiger partial charge in [0, 0.05) is 5.66 Å². The highest BCUT2D eigenvalue weighted by Crippen LogP contribution is 2.59. The van der Waals surface area contributed by atoms with Crippen molar-refractivity contribution in [2.45, 2.75) is 32.9 Å². The first kappa shape index (κ1) is 18.6. The number of hydrogen-bond acceptors (Lipinski definition) is 0. The van der Waals surface area contributed by atoms with E-state index in [2.05, 4.69) is 93.6 Å². The topological polar surface area (TPSA) is 0 Å². The molecule has 0 saturated heterocycles. The fourth-order valence-electron chi connectivity index (χ4n) is 3.68. The Hall–Kier alpha value is -1.22. The highest BCUT2D eigenvalue weighted by atomic mass is 31.1. The first-order chi connectivity index (χ1) is 12.3. The van der Waals surface area contributed by atoms with Crippen LogP contribution in [0.4, 0.5) is 0 Å². The van der Waals surface area contributed by atoms with Crippen LogP contribution in [-0.4, -0.2) is 18.0 Å². The van der Waals surface area contributed by atoms with Crippen molar-refractivity contribution in [2.24, 2.45) is 0 Å². The number of allylic oxidation sites excluding steroid dienone is 4. The van der Waals surface area contributed by atoms with Crippen molar-refractivity contribution in [3.63, 3.8) is 0 Å². The fraction of sp³-hybridized carbons (Fsp3) is 0.304. The molecule has 1 atom stereocenters. The van der Waals surface area contributed by atoms with Crippen LogP contribution in [0.3, 0.4) is 0 Å². The third-order valence-corrected chi connectivity index (χ3v) is 10.7. The molecule has 0 nitrogen and oxygen atoms in total. The molecule has 0 spiro atoms. The van der Waals surface area contributed by atoms with Crippen LogP contribution >= 0.6 is 15.8 Å². The summed E-state index contributed by atoms with van der Waals surface area (Å²) in [6.45, 7) is 7.08.